The van der Waals surface area contributed by atoms with Crippen LogP contribution < -0.4 is 5.32 Å². The third-order valence-electron chi connectivity index (χ3n) is 6.61. The van der Waals surface area contributed by atoms with Crippen molar-refractivity contribution in [3.05, 3.63) is 76.0 Å². The van der Waals surface area contributed by atoms with Crippen LogP contribution in [0, 0.1) is 5.82 Å². The number of benzene rings is 1. The first-order chi connectivity index (χ1) is 16.5. The number of amides is 1. The molecule has 35 heavy (non-hydrogen) atoms. The number of nitrogens with one attached hydrogen (secondary N) is 1. The minimum atomic E-state index is -0.684. The van der Waals surface area contributed by atoms with Crippen molar-refractivity contribution in [1.29, 1.82) is 0 Å². The molecular weight excluding hydrogens is 449 g/mol. The smallest absolute Gasteiger partial charge is 0.418 e. The highest BCUT2D eigenvalue weighted by Gasteiger charge is 2.42. The van der Waals surface area contributed by atoms with E-state index in [2.05, 4.69) is 5.32 Å². The molecule has 8 heteroatoms. The van der Waals surface area contributed by atoms with Gasteiger partial charge in [-0.2, -0.15) is 0 Å². The lowest BCUT2D eigenvalue weighted by Gasteiger charge is -2.38. The lowest BCUT2D eigenvalue weighted by Crippen LogP contribution is -2.53. The molecule has 2 aromatic rings. The lowest BCUT2D eigenvalue weighted by molar-refractivity contribution is -0.125. The van der Waals surface area contributed by atoms with Crippen molar-refractivity contribution in [3.63, 3.8) is 0 Å². The van der Waals surface area contributed by atoms with Crippen molar-refractivity contribution in [3.8, 4) is 0 Å². The van der Waals surface area contributed by atoms with Gasteiger partial charge in [0.25, 0.3) is 0 Å². The molecule has 1 aliphatic heterocycles. The molecule has 0 bridgehead atoms. The molecule has 4 rings (SSSR count). The van der Waals surface area contributed by atoms with Gasteiger partial charge in [-0.3, -0.25) is 19.5 Å². The van der Waals surface area contributed by atoms with E-state index < -0.39 is 23.5 Å². The summed E-state index contributed by atoms with van der Waals surface area (Å²) < 4.78 is 20.4. The average Bonchev–Trinajstić information content (AvgIpc) is 2.96. The monoisotopic (exact) mass is 479 g/mol. The van der Waals surface area contributed by atoms with Crippen molar-refractivity contribution in [2.45, 2.75) is 52.1 Å². The van der Waals surface area contributed by atoms with Crippen molar-refractivity contribution in [2.75, 3.05) is 13.7 Å². The molecule has 1 unspecified atom stereocenters. The van der Waals surface area contributed by atoms with Crippen LogP contribution in [0.1, 0.15) is 60.6 Å². The van der Waals surface area contributed by atoms with Crippen LogP contribution in [0.15, 0.2) is 42.1 Å². The van der Waals surface area contributed by atoms with Crippen LogP contribution >= 0.6 is 0 Å². The highest BCUT2D eigenvalue weighted by molar-refractivity contribution is 6.00. The molecule has 0 spiro atoms. The number of carbonyl (C=O) groups excluding carboxylic acids is 3. The van der Waals surface area contributed by atoms with Gasteiger partial charge in [-0.25, -0.2) is 9.18 Å². The third kappa shape index (κ3) is 4.46. The fourth-order valence-electron chi connectivity index (χ4n) is 4.95. The Morgan fingerprint density at radius 1 is 1.20 bits per heavy atom. The Hall–Kier alpha value is -3.52. The lowest BCUT2D eigenvalue weighted by atomic mass is 9.81. The molecule has 1 amide bonds. The summed E-state index contributed by atoms with van der Waals surface area (Å²) in [7, 11) is 1.71. The summed E-state index contributed by atoms with van der Waals surface area (Å²) in [4.78, 5) is 40.1. The number of aromatic nitrogens is 1. The van der Waals surface area contributed by atoms with Gasteiger partial charge in [0.2, 0.25) is 5.91 Å². The molecule has 2 aliphatic rings. The van der Waals surface area contributed by atoms with Crippen LogP contribution in [0.25, 0.3) is 6.08 Å². The number of ether oxygens (including phenoxy) is 1. The van der Waals surface area contributed by atoms with Gasteiger partial charge in [0.05, 0.1) is 12.6 Å². The van der Waals surface area contributed by atoms with Gasteiger partial charge < -0.3 is 9.64 Å². The summed E-state index contributed by atoms with van der Waals surface area (Å²) in [5.41, 5.74) is 3.60. The van der Waals surface area contributed by atoms with Gasteiger partial charge in [-0.05, 0) is 57.2 Å². The highest BCUT2D eigenvalue weighted by Crippen LogP contribution is 2.40. The molecule has 0 saturated carbocycles. The van der Waals surface area contributed by atoms with Crippen LogP contribution in [0.3, 0.4) is 0 Å². The molecule has 1 aliphatic carbocycles. The molecule has 0 radical (unpaired) electrons. The highest BCUT2D eigenvalue weighted by atomic mass is 19.1. The van der Waals surface area contributed by atoms with Crippen molar-refractivity contribution >= 4 is 23.9 Å². The summed E-state index contributed by atoms with van der Waals surface area (Å²) in [6.07, 6.45) is 5.92. The SMILES string of the molecule is CCOC(=O)n1c2c(c3c1CC(C(=O)c1ccc(F)cc1)NC3(C)C)C=C(N(C)C(C)=O)C=CC2. The molecule has 2 heterocycles. The van der Waals surface area contributed by atoms with Crippen molar-refractivity contribution < 1.29 is 23.5 Å². The Kier molecular flexibility index (Phi) is 6.51. The van der Waals surface area contributed by atoms with E-state index in [0.29, 0.717) is 23.4 Å². The van der Waals surface area contributed by atoms with Crippen LogP contribution in [0.4, 0.5) is 9.18 Å². The zero-order valence-corrected chi connectivity index (χ0v) is 20.6. The van der Waals surface area contributed by atoms with Gasteiger partial charge in [-0.15, -0.1) is 0 Å². The molecule has 184 valence electrons. The van der Waals surface area contributed by atoms with E-state index in [1.807, 2.05) is 32.1 Å². The standard InChI is InChI=1S/C27H30FN3O4/c1-6-35-26(34)31-22-9-7-8-19(30(5)16(2)32)14-20(22)24-23(31)15-21(29-27(24,3)4)25(33)17-10-12-18(28)13-11-17/h7-8,10-14,21,29H,6,9,15H2,1-5H3. The first kappa shape index (κ1) is 24.6. The van der Waals surface area contributed by atoms with E-state index >= 15 is 0 Å². The zero-order chi connectivity index (χ0) is 25.5. The maximum Gasteiger partial charge on any atom is 0.418 e. The number of fused-ring (bicyclic) bond motifs is 3. The molecule has 7 nitrogen and oxygen atoms in total. The van der Waals surface area contributed by atoms with E-state index in [1.165, 1.54) is 31.2 Å². The van der Waals surface area contributed by atoms with Crippen LogP contribution in [0.2, 0.25) is 0 Å². The zero-order valence-electron chi connectivity index (χ0n) is 20.6. The van der Waals surface area contributed by atoms with Crippen molar-refractivity contribution in [1.82, 2.24) is 14.8 Å². The summed E-state index contributed by atoms with van der Waals surface area (Å²) in [6, 6.07) is 4.85. The van der Waals surface area contributed by atoms with Crippen molar-refractivity contribution in [2.24, 2.45) is 0 Å². The topological polar surface area (TPSA) is 80.6 Å². The fraction of sp³-hybridized carbons (Fsp3) is 0.370. The Morgan fingerprint density at radius 3 is 2.51 bits per heavy atom. The minimum Gasteiger partial charge on any atom is -0.449 e. The summed E-state index contributed by atoms with van der Waals surface area (Å²) in [5.74, 6) is -0.694. The normalized spacial score (nSPS) is 18.1. The number of nitrogens with zero attached hydrogens (tertiary/aromatic N) is 2. The van der Waals surface area contributed by atoms with Gasteiger partial charge in [0.15, 0.2) is 5.78 Å². The number of likely N-dealkylation sites (N-methyl/N-ethyl adjacent to an activating group) is 1. The van der Waals surface area contributed by atoms with Gasteiger partial charge in [0, 0.05) is 66.1 Å². The average molecular weight is 480 g/mol. The maximum atomic E-state index is 13.4. The maximum absolute atomic E-state index is 13.4. The first-order valence-corrected chi connectivity index (χ1v) is 11.7. The largest absolute Gasteiger partial charge is 0.449 e. The Bertz CT molecular complexity index is 1250. The number of carbonyl (C=O) groups is 3. The Balaban J connectivity index is 1.88. The van der Waals surface area contributed by atoms with Crippen LogP contribution in [0.5, 0.6) is 0 Å². The molecule has 1 aromatic heterocycles. The van der Waals surface area contributed by atoms with E-state index in [9.17, 15) is 18.8 Å². The molecule has 1 N–H and O–H groups in total. The Morgan fingerprint density at radius 2 is 1.89 bits per heavy atom. The van der Waals surface area contributed by atoms with E-state index in [0.717, 1.165) is 16.8 Å². The summed E-state index contributed by atoms with van der Waals surface area (Å²) in [5, 5.41) is 3.44. The second kappa shape index (κ2) is 9.26. The predicted octanol–water partition coefficient (Wildman–Crippen LogP) is 4.20. The molecule has 1 atom stereocenters. The Labute approximate surface area is 204 Å². The molecule has 0 fully saturated rings. The summed E-state index contributed by atoms with van der Waals surface area (Å²) >= 11 is 0. The van der Waals surface area contributed by atoms with Gasteiger partial charge in [0.1, 0.15) is 5.82 Å². The molecule has 1 aromatic carbocycles. The molecule has 0 saturated heterocycles. The number of hydrogen-bond acceptors (Lipinski definition) is 5. The minimum absolute atomic E-state index is 0.106. The quantitative estimate of drug-likeness (QED) is 0.665. The summed E-state index contributed by atoms with van der Waals surface area (Å²) in [6.45, 7) is 7.39. The first-order valence-electron chi connectivity index (χ1n) is 11.7. The number of ketones is 1. The van der Waals surface area contributed by atoms with E-state index in [1.54, 1.807) is 23.4 Å². The number of halogens is 1. The second-order valence-electron chi connectivity index (χ2n) is 9.37. The van der Waals surface area contributed by atoms with Crippen LogP contribution in [-0.2, 0) is 27.9 Å². The number of hydrogen-bond donors (Lipinski definition) is 1. The van der Waals surface area contributed by atoms with E-state index in [-0.39, 0.29) is 24.7 Å². The molecular formula is C27H30FN3O4. The number of allylic oxidation sites excluding steroid dienone is 2. The van der Waals surface area contributed by atoms with E-state index in [4.69, 9.17) is 4.74 Å². The third-order valence-corrected chi connectivity index (χ3v) is 6.61. The second-order valence-corrected chi connectivity index (χ2v) is 9.37. The van der Waals surface area contributed by atoms with Gasteiger partial charge in [-0.1, -0.05) is 6.08 Å². The number of Topliss-reactive ketones (excluding diaryl/α,β-unsaturated/α-hetero) is 1. The fourth-order valence-corrected chi connectivity index (χ4v) is 4.95. The van der Waals surface area contributed by atoms with Gasteiger partial charge >= 0.3 is 6.09 Å². The predicted molar refractivity (Wildman–Crippen MR) is 131 cm³/mol. The number of rotatable bonds is 4. The van der Waals surface area contributed by atoms with Crippen LogP contribution in [-0.4, -0.2) is 46.9 Å².